The third-order valence-corrected chi connectivity index (χ3v) is 2.44. The van der Waals surface area contributed by atoms with Crippen molar-refractivity contribution in [1.82, 2.24) is 4.98 Å². The fourth-order valence-corrected chi connectivity index (χ4v) is 1.48. The first-order chi connectivity index (χ1) is 8.50. The number of nitrogens with one attached hydrogen (secondary N) is 1. The third kappa shape index (κ3) is 4.36. The van der Waals surface area contributed by atoms with Crippen LogP contribution in [-0.2, 0) is 4.79 Å². The Balaban J connectivity index is 2.42. The molecule has 0 aromatic carbocycles. The number of rotatable bonds is 7. The summed E-state index contributed by atoms with van der Waals surface area (Å²) in [6.45, 7) is 2.32. The largest absolute Gasteiger partial charge is 0.370 e. The number of primary amides is 1. The molecule has 3 N–H and O–H groups in total. The molecule has 0 saturated heterocycles. The number of hydrogen-bond donors (Lipinski definition) is 2. The number of amides is 1. The van der Waals surface area contributed by atoms with Crippen LogP contribution in [0.5, 0.6) is 0 Å². The summed E-state index contributed by atoms with van der Waals surface area (Å²) >= 11 is 0. The standard InChI is InChI=1S/C11H16N4O3/c1-8-6-11(14-7-9(8)15(17)18)13-5-3-2-4-10(12)16/h6-7H,2-5H2,1H3,(H2,12,16)(H,13,14). The van der Waals surface area contributed by atoms with Crippen LogP contribution in [0.15, 0.2) is 12.3 Å². The van der Waals surface area contributed by atoms with Gasteiger partial charge in [0.2, 0.25) is 5.91 Å². The zero-order chi connectivity index (χ0) is 13.5. The van der Waals surface area contributed by atoms with E-state index in [-0.39, 0.29) is 11.6 Å². The van der Waals surface area contributed by atoms with Gasteiger partial charge in [-0.25, -0.2) is 4.98 Å². The highest BCUT2D eigenvalue weighted by atomic mass is 16.6. The Morgan fingerprint density at radius 3 is 2.83 bits per heavy atom. The van der Waals surface area contributed by atoms with Gasteiger partial charge in [0.1, 0.15) is 12.0 Å². The van der Waals surface area contributed by atoms with Gasteiger partial charge in [0, 0.05) is 18.5 Å². The lowest BCUT2D eigenvalue weighted by molar-refractivity contribution is -0.385. The molecule has 1 aromatic rings. The predicted octanol–water partition coefficient (Wildman–Crippen LogP) is 1.37. The van der Waals surface area contributed by atoms with Crippen molar-refractivity contribution < 1.29 is 9.72 Å². The molecule has 98 valence electrons. The molecule has 0 aliphatic rings. The molecule has 1 heterocycles. The van der Waals surface area contributed by atoms with E-state index in [1.54, 1.807) is 13.0 Å². The van der Waals surface area contributed by atoms with Crippen LogP contribution >= 0.6 is 0 Å². The first kappa shape index (κ1) is 13.9. The Morgan fingerprint density at radius 1 is 1.56 bits per heavy atom. The highest BCUT2D eigenvalue weighted by Crippen LogP contribution is 2.18. The molecule has 1 rings (SSSR count). The lowest BCUT2D eigenvalue weighted by Crippen LogP contribution is -2.11. The summed E-state index contributed by atoms with van der Waals surface area (Å²) in [5.74, 6) is 0.288. The number of aryl methyl sites for hydroxylation is 1. The summed E-state index contributed by atoms with van der Waals surface area (Å²) < 4.78 is 0. The Hall–Kier alpha value is -2.18. The topological polar surface area (TPSA) is 111 Å². The first-order valence-electron chi connectivity index (χ1n) is 5.64. The predicted molar refractivity (Wildman–Crippen MR) is 67.2 cm³/mol. The molecule has 18 heavy (non-hydrogen) atoms. The maximum atomic E-state index is 10.6. The molecule has 0 radical (unpaired) electrons. The second-order valence-electron chi connectivity index (χ2n) is 3.96. The van der Waals surface area contributed by atoms with Crippen molar-refractivity contribution in [3.8, 4) is 0 Å². The molecular formula is C11H16N4O3. The van der Waals surface area contributed by atoms with Crippen molar-refractivity contribution in [3.63, 3.8) is 0 Å². The van der Waals surface area contributed by atoms with Crippen LogP contribution in [0.2, 0.25) is 0 Å². The van der Waals surface area contributed by atoms with E-state index in [1.165, 1.54) is 6.20 Å². The average Bonchev–Trinajstić information content (AvgIpc) is 2.27. The number of aromatic nitrogens is 1. The van der Waals surface area contributed by atoms with Crippen molar-refractivity contribution in [2.45, 2.75) is 26.2 Å². The molecule has 7 heteroatoms. The zero-order valence-corrected chi connectivity index (χ0v) is 10.2. The van der Waals surface area contributed by atoms with Gasteiger partial charge in [-0.05, 0) is 25.8 Å². The number of hydrogen-bond acceptors (Lipinski definition) is 5. The summed E-state index contributed by atoms with van der Waals surface area (Å²) in [5, 5.41) is 13.6. The second kappa shape index (κ2) is 6.53. The lowest BCUT2D eigenvalue weighted by atomic mass is 10.2. The molecule has 0 unspecified atom stereocenters. The molecular weight excluding hydrogens is 236 g/mol. The Kier molecular flexibility index (Phi) is 5.04. The Morgan fingerprint density at radius 2 is 2.28 bits per heavy atom. The lowest BCUT2D eigenvalue weighted by Gasteiger charge is -2.05. The number of nitrogens with zero attached hydrogens (tertiary/aromatic N) is 2. The molecule has 0 atom stereocenters. The maximum absolute atomic E-state index is 10.6. The summed E-state index contributed by atoms with van der Waals surface area (Å²) in [5.41, 5.74) is 5.59. The number of nitro groups is 1. The highest BCUT2D eigenvalue weighted by Gasteiger charge is 2.10. The fraction of sp³-hybridized carbons (Fsp3) is 0.455. The number of unbranched alkanes of at least 4 members (excludes halogenated alkanes) is 1. The van der Waals surface area contributed by atoms with Gasteiger partial charge < -0.3 is 11.1 Å². The van der Waals surface area contributed by atoms with Crippen molar-refractivity contribution in [1.29, 1.82) is 0 Å². The second-order valence-corrected chi connectivity index (χ2v) is 3.96. The van der Waals surface area contributed by atoms with E-state index < -0.39 is 4.92 Å². The molecule has 0 aliphatic carbocycles. The van der Waals surface area contributed by atoms with Gasteiger partial charge in [0.25, 0.3) is 5.69 Å². The normalized spacial score (nSPS) is 10.1. The fourth-order valence-electron chi connectivity index (χ4n) is 1.48. The smallest absolute Gasteiger partial charge is 0.290 e. The van der Waals surface area contributed by atoms with Crippen LogP contribution in [0.25, 0.3) is 0 Å². The number of carbonyl (C=O) groups is 1. The van der Waals surface area contributed by atoms with E-state index in [0.29, 0.717) is 30.8 Å². The van der Waals surface area contributed by atoms with Gasteiger partial charge in [0.15, 0.2) is 0 Å². The SMILES string of the molecule is Cc1cc(NCCCCC(N)=O)ncc1[N+](=O)[O-]. The minimum absolute atomic E-state index is 0.00859. The van der Waals surface area contributed by atoms with Crippen LogP contribution < -0.4 is 11.1 Å². The Bertz CT molecular complexity index is 448. The number of nitrogens with two attached hydrogens (primary N) is 1. The van der Waals surface area contributed by atoms with Crippen LogP contribution in [0.1, 0.15) is 24.8 Å². The summed E-state index contributed by atoms with van der Waals surface area (Å²) in [6.07, 6.45) is 3.12. The summed E-state index contributed by atoms with van der Waals surface area (Å²) in [4.78, 5) is 24.6. The summed E-state index contributed by atoms with van der Waals surface area (Å²) in [7, 11) is 0. The zero-order valence-electron chi connectivity index (χ0n) is 10.2. The monoisotopic (exact) mass is 252 g/mol. The Labute approximate surface area is 105 Å². The third-order valence-electron chi connectivity index (χ3n) is 2.44. The van der Waals surface area contributed by atoms with Crippen LogP contribution in [-0.4, -0.2) is 22.4 Å². The number of pyridine rings is 1. The van der Waals surface area contributed by atoms with Crippen molar-refractivity contribution >= 4 is 17.4 Å². The van der Waals surface area contributed by atoms with Crippen molar-refractivity contribution in [2.24, 2.45) is 5.73 Å². The molecule has 1 aromatic heterocycles. The highest BCUT2D eigenvalue weighted by molar-refractivity contribution is 5.73. The quantitative estimate of drug-likeness (QED) is 0.432. The molecule has 1 amide bonds. The van der Waals surface area contributed by atoms with Crippen LogP contribution in [0.4, 0.5) is 11.5 Å². The van der Waals surface area contributed by atoms with E-state index >= 15 is 0 Å². The molecule has 0 saturated carbocycles. The van der Waals surface area contributed by atoms with Crippen LogP contribution in [0.3, 0.4) is 0 Å². The molecule has 0 bridgehead atoms. The molecule has 0 aliphatic heterocycles. The first-order valence-corrected chi connectivity index (χ1v) is 5.64. The van der Waals surface area contributed by atoms with Gasteiger partial charge >= 0.3 is 0 Å². The van der Waals surface area contributed by atoms with Crippen molar-refractivity contribution in [3.05, 3.63) is 27.9 Å². The van der Waals surface area contributed by atoms with Gasteiger partial charge in [0.05, 0.1) is 4.92 Å². The maximum Gasteiger partial charge on any atom is 0.290 e. The minimum atomic E-state index is -0.459. The van der Waals surface area contributed by atoms with E-state index in [1.807, 2.05) is 0 Å². The van der Waals surface area contributed by atoms with Crippen molar-refractivity contribution in [2.75, 3.05) is 11.9 Å². The molecule has 7 nitrogen and oxygen atoms in total. The van der Waals surface area contributed by atoms with E-state index in [4.69, 9.17) is 5.73 Å². The molecule has 0 spiro atoms. The van der Waals surface area contributed by atoms with E-state index in [2.05, 4.69) is 10.3 Å². The summed E-state index contributed by atoms with van der Waals surface area (Å²) in [6, 6.07) is 1.63. The van der Waals surface area contributed by atoms with Gasteiger partial charge in [-0.15, -0.1) is 0 Å². The molecule has 0 fully saturated rings. The van der Waals surface area contributed by atoms with E-state index in [9.17, 15) is 14.9 Å². The van der Waals surface area contributed by atoms with E-state index in [0.717, 1.165) is 6.42 Å². The van der Waals surface area contributed by atoms with Gasteiger partial charge in [-0.3, -0.25) is 14.9 Å². The average molecular weight is 252 g/mol. The minimum Gasteiger partial charge on any atom is -0.370 e. The number of anilines is 1. The van der Waals surface area contributed by atoms with Gasteiger partial charge in [-0.1, -0.05) is 0 Å². The van der Waals surface area contributed by atoms with Crippen LogP contribution in [0, 0.1) is 17.0 Å². The van der Waals surface area contributed by atoms with Gasteiger partial charge in [-0.2, -0.15) is 0 Å². The number of carbonyl (C=O) groups excluding carboxylic acids is 1.